The smallest absolute Gasteiger partial charge is 0.304 e. The van der Waals surface area contributed by atoms with E-state index in [2.05, 4.69) is 57.8 Å². The SMILES string of the molecule is CC(C)C[C@H](NC(=O)[C@H](CC(C)C)NC(=O)[C@H](CCCCN)NC(=O)[C@H](CCCN=C(N)N)NC(=O)[C@H](Cc1ccc(O)cc1)NC(=O)[C@H](CCC(N)=O)NC(=O)[C@H](CCC(N)=O)NC(=O)[C@H](CCCCN=C(N)N)NC(=O)[C@@H](NC(=O)[C@@H](C)CC(=O)O)[C@@H](C)O)C(N)=O. The number of carbonyl (C=O) groups is 13. The molecule has 35 nitrogen and oxygen atoms in total. The van der Waals surface area contributed by atoms with Gasteiger partial charge in [-0.1, -0.05) is 46.8 Å². The lowest BCUT2D eigenvalue weighted by Crippen LogP contribution is -2.61. The molecule has 0 aliphatic heterocycles. The van der Waals surface area contributed by atoms with Gasteiger partial charge >= 0.3 is 5.97 Å². The van der Waals surface area contributed by atoms with Crippen molar-refractivity contribution in [2.24, 2.45) is 73.6 Å². The molecule has 11 atom stereocenters. The van der Waals surface area contributed by atoms with Crippen molar-refractivity contribution in [3.63, 3.8) is 0 Å². The van der Waals surface area contributed by atoms with Gasteiger partial charge in [-0.2, -0.15) is 0 Å². The third-order valence-electron chi connectivity index (χ3n) is 14.3. The molecule has 1 rings (SSSR count). The molecule has 0 aliphatic carbocycles. The van der Waals surface area contributed by atoms with Crippen LogP contribution in [0.3, 0.4) is 0 Å². The number of carbonyl (C=O) groups excluding carboxylic acids is 12. The lowest BCUT2D eigenvalue weighted by molar-refractivity contribution is -0.141. The highest BCUT2D eigenvalue weighted by Gasteiger charge is 2.37. The van der Waals surface area contributed by atoms with Crippen molar-refractivity contribution in [1.29, 1.82) is 0 Å². The van der Waals surface area contributed by atoms with Crippen LogP contribution in [-0.2, 0) is 68.7 Å². The Morgan fingerprint density at radius 3 is 1.20 bits per heavy atom. The monoisotopic (exact) mass is 1330 g/mol. The fourth-order valence-electron chi connectivity index (χ4n) is 9.30. The van der Waals surface area contributed by atoms with E-state index in [4.69, 9.17) is 45.9 Å². The number of nitrogens with two attached hydrogens (primary N) is 8. The first-order chi connectivity index (χ1) is 44.0. The molecule has 1 aromatic rings. The van der Waals surface area contributed by atoms with Gasteiger partial charge in [-0.25, -0.2) is 0 Å². The number of hydrogen-bond donors (Lipinski definition) is 20. The zero-order valence-electron chi connectivity index (χ0n) is 54.4. The molecule has 0 bridgehead atoms. The lowest BCUT2D eigenvalue weighted by Gasteiger charge is -2.29. The number of aromatic hydroxyl groups is 1. The quantitative estimate of drug-likeness (QED) is 0.0164. The van der Waals surface area contributed by atoms with Gasteiger partial charge in [0, 0.05) is 38.3 Å². The summed E-state index contributed by atoms with van der Waals surface area (Å²) in [5.41, 5.74) is 44.7. The first-order valence-corrected chi connectivity index (χ1v) is 31.1. The number of carboxylic acid groups (broad SMARTS) is 1. The number of primary amides is 3. The minimum absolute atomic E-state index is 0.00970. The van der Waals surface area contributed by atoms with Crippen LogP contribution in [0.1, 0.15) is 143 Å². The zero-order chi connectivity index (χ0) is 71.4. The summed E-state index contributed by atoms with van der Waals surface area (Å²) in [6.45, 7) is 9.91. The van der Waals surface area contributed by atoms with E-state index in [0.717, 1.165) is 6.92 Å². The molecule has 28 N–H and O–H groups in total. The summed E-state index contributed by atoms with van der Waals surface area (Å²) in [5, 5.41) is 52.6. The van der Waals surface area contributed by atoms with Crippen molar-refractivity contribution < 1.29 is 77.6 Å². The Hall–Kier alpha value is -9.41. The standard InChI is InChI=1S/C59H101N19O16/c1-30(2)26-41(48(63)85)75-55(92)42(27-31(3)4)76-52(89)36(12-7-9-23-60)70-51(88)38(14-11-25-69-59(66)67)71-56(93)43(29-34-15-17-35(80)18-16-34)77-54(91)40(20-22-45(62)82)73-53(90)39(19-21-44(61)81)72-50(87)37(13-8-10-24-68-58(64)65)74-57(94)47(33(6)79)78-49(86)32(5)28-46(83)84/h15-18,30-33,36-43,47,79-80H,7-14,19-29,60H2,1-6H3,(H2,61,81)(H2,62,82)(H2,63,85)(H,70,88)(H,71,93)(H,72,87)(H,73,90)(H,74,94)(H,75,92)(H,76,89)(H,77,91)(H,78,86)(H,83,84)(H4,64,65,68)(H4,66,67,69)/t32-,33+,36-,37-,38-,39-,40-,41-,42-,43-,47-/m0/s1. The van der Waals surface area contributed by atoms with E-state index in [1.807, 2.05) is 13.8 Å². The molecule has 0 fully saturated rings. The van der Waals surface area contributed by atoms with Crippen LogP contribution in [-0.4, -0.2) is 184 Å². The number of hydrogen-bond acceptors (Lipinski definition) is 18. The van der Waals surface area contributed by atoms with Crippen molar-refractivity contribution in [2.45, 2.75) is 205 Å². The molecule has 1 aromatic carbocycles. The Bertz CT molecular complexity index is 2760. The number of nitrogens with one attached hydrogen (secondary N) is 9. The summed E-state index contributed by atoms with van der Waals surface area (Å²) in [6.07, 6.45) is -3.78. The van der Waals surface area contributed by atoms with Crippen LogP contribution in [0, 0.1) is 17.8 Å². The van der Waals surface area contributed by atoms with Crippen LogP contribution in [0.4, 0.5) is 0 Å². The number of aliphatic hydroxyl groups excluding tert-OH is 1. The van der Waals surface area contributed by atoms with Gasteiger partial charge in [-0.05, 0) is 120 Å². The minimum atomic E-state index is -1.78. The van der Waals surface area contributed by atoms with Crippen LogP contribution >= 0.6 is 0 Å². The number of aliphatic imine (C=N–C) groups is 2. The second-order valence-electron chi connectivity index (χ2n) is 23.8. The number of carboxylic acids is 1. The number of aliphatic carboxylic acids is 1. The Kier molecular flexibility index (Phi) is 38.2. The van der Waals surface area contributed by atoms with Crippen LogP contribution in [0.15, 0.2) is 34.3 Å². The van der Waals surface area contributed by atoms with Crippen LogP contribution in [0.5, 0.6) is 5.75 Å². The number of rotatable bonds is 47. The molecular weight excluding hydrogens is 1230 g/mol. The topological polar surface area (TPSA) is 624 Å². The fourth-order valence-corrected chi connectivity index (χ4v) is 9.30. The molecule has 0 spiro atoms. The second-order valence-corrected chi connectivity index (χ2v) is 23.8. The number of aliphatic hydroxyl groups is 1. The summed E-state index contributed by atoms with van der Waals surface area (Å²) in [5.74, 6) is -14.9. The predicted molar refractivity (Wildman–Crippen MR) is 345 cm³/mol. The van der Waals surface area contributed by atoms with Crippen LogP contribution in [0.2, 0.25) is 0 Å². The number of guanidine groups is 2. The van der Waals surface area contributed by atoms with E-state index in [9.17, 15) is 77.6 Å². The van der Waals surface area contributed by atoms with Gasteiger partial charge in [0.15, 0.2) is 11.9 Å². The number of nitrogens with zero attached hydrogens (tertiary/aromatic N) is 2. The van der Waals surface area contributed by atoms with Crippen molar-refractivity contribution in [3.8, 4) is 5.75 Å². The van der Waals surface area contributed by atoms with Crippen molar-refractivity contribution >= 4 is 88.8 Å². The molecule has 0 aromatic heterocycles. The largest absolute Gasteiger partial charge is 0.508 e. The van der Waals surface area contributed by atoms with Crippen LogP contribution in [0.25, 0.3) is 0 Å². The van der Waals surface area contributed by atoms with Gasteiger partial charge in [0.25, 0.3) is 0 Å². The number of benzene rings is 1. The second kappa shape index (κ2) is 43.4. The van der Waals surface area contributed by atoms with E-state index >= 15 is 0 Å². The van der Waals surface area contributed by atoms with Gasteiger partial charge in [0.1, 0.15) is 60.1 Å². The first-order valence-electron chi connectivity index (χ1n) is 31.1. The van der Waals surface area contributed by atoms with Gasteiger partial charge in [-0.3, -0.25) is 72.3 Å². The summed E-state index contributed by atoms with van der Waals surface area (Å²) in [4.78, 5) is 183. The van der Waals surface area contributed by atoms with Gasteiger partial charge in [0.2, 0.25) is 70.9 Å². The molecule has 528 valence electrons. The number of unbranched alkanes of at least 4 members (excludes halogenated alkanes) is 2. The van der Waals surface area contributed by atoms with Crippen molar-refractivity contribution in [1.82, 2.24) is 47.9 Å². The van der Waals surface area contributed by atoms with Gasteiger partial charge < -0.3 is 109 Å². The molecule has 0 saturated heterocycles. The maximum absolute atomic E-state index is 14.8. The highest BCUT2D eigenvalue weighted by atomic mass is 16.4. The van der Waals surface area contributed by atoms with E-state index in [1.54, 1.807) is 13.8 Å². The van der Waals surface area contributed by atoms with E-state index in [1.165, 1.54) is 31.2 Å². The molecular formula is C59H101N19O16. The zero-order valence-corrected chi connectivity index (χ0v) is 54.4. The molecule has 12 amide bonds. The van der Waals surface area contributed by atoms with Crippen molar-refractivity contribution in [3.05, 3.63) is 29.8 Å². The Balaban J connectivity index is 3.91. The molecule has 0 aliphatic rings. The fraction of sp³-hybridized carbons (Fsp3) is 0.644. The maximum Gasteiger partial charge on any atom is 0.304 e. The van der Waals surface area contributed by atoms with E-state index < -0.39 is 175 Å². The van der Waals surface area contributed by atoms with Gasteiger partial charge in [-0.15, -0.1) is 0 Å². The van der Waals surface area contributed by atoms with Crippen molar-refractivity contribution in [2.75, 3.05) is 19.6 Å². The predicted octanol–water partition coefficient (Wildman–Crippen LogP) is -5.48. The van der Waals surface area contributed by atoms with Gasteiger partial charge in [0.05, 0.1) is 12.5 Å². The molecule has 35 heteroatoms. The van der Waals surface area contributed by atoms with Crippen LogP contribution < -0.4 is 93.7 Å². The molecule has 0 radical (unpaired) electrons. The summed E-state index contributed by atoms with van der Waals surface area (Å²) >= 11 is 0. The third kappa shape index (κ3) is 34.3. The normalized spacial score (nSPS) is 14.6. The highest BCUT2D eigenvalue weighted by molar-refractivity contribution is 5.99. The average molecular weight is 1330 g/mol. The number of phenols is 1. The Morgan fingerprint density at radius 2 is 0.798 bits per heavy atom. The Morgan fingerprint density at radius 1 is 0.436 bits per heavy atom. The summed E-state index contributed by atoms with van der Waals surface area (Å²) in [6, 6.07) is -8.26. The molecule has 0 heterocycles. The van der Waals surface area contributed by atoms with E-state index in [0.29, 0.717) is 18.4 Å². The summed E-state index contributed by atoms with van der Waals surface area (Å²) in [7, 11) is 0. The number of phenolic OH excluding ortho intramolecular Hbond substituents is 1. The lowest BCUT2D eigenvalue weighted by atomic mass is 9.99. The molecule has 0 saturated carbocycles. The minimum Gasteiger partial charge on any atom is -0.508 e. The Labute approximate surface area is 546 Å². The molecule has 0 unspecified atom stereocenters. The highest BCUT2D eigenvalue weighted by Crippen LogP contribution is 2.16. The average Bonchev–Trinajstić information content (AvgIpc) is 0.885. The number of amides is 12. The molecule has 94 heavy (non-hydrogen) atoms. The first kappa shape index (κ1) is 82.6. The third-order valence-corrected chi connectivity index (χ3v) is 14.3. The maximum atomic E-state index is 14.8. The van der Waals surface area contributed by atoms with E-state index in [-0.39, 0.29) is 107 Å². The summed E-state index contributed by atoms with van der Waals surface area (Å²) < 4.78 is 0.